The van der Waals surface area contributed by atoms with Gasteiger partial charge in [-0.3, -0.25) is 0 Å². The maximum Gasteiger partial charge on any atom is 0.306 e. The van der Waals surface area contributed by atoms with Crippen LogP contribution in [0.2, 0.25) is 0 Å². The number of ether oxygens (including phenoxy) is 1. The van der Waals surface area contributed by atoms with E-state index in [9.17, 15) is 12.3 Å². The number of halogens is 1. The van der Waals surface area contributed by atoms with Crippen LogP contribution in [0.1, 0.15) is 5.56 Å². The molecular formula is C7H8FNO3S. The fourth-order valence-electron chi connectivity index (χ4n) is 0.904. The first-order valence-corrected chi connectivity index (χ1v) is 4.98. The minimum atomic E-state index is -4.53. The van der Waals surface area contributed by atoms with Crippen LogP contribution in [0.15, 0.2) is 18.3 Å². The Morgan fingerprint density at radius 1 is 1.62 bits per heavy atom. The van der Waals surface area contributed by atoms with E-state index in [1.807, 2.05) is 0 Å². The second kappa shape index (κ2) is 3.69. The van der Waals surface area contributed by atoms with Crippen LogP contribution in [0.3, 0.4) is 0 Å². The Labute approximate surface area is 75.6 Å². The van der Waals surface area contributed by atoms with Gasteiger partial charge < -0.3 is 4.74 Å². The van der Waals surface area contributed by atoms with Gasteiger partial charge in [-0.15, -0.1) is 3.89 Å². The SMILES string of the molecule is COc1ncccc1CS(=O)(=O)F. The molecule has 0 saturated heterocycles. The maximum absolute atomic E-state index is 12.3. The molecule has 0 N–H and O–H groups in total. The van der Waals surface area contributed by atoms with E-state index in [1.165, 1.54) is 25.4 Å². The van der Waals surface area contributed by atoms with Crippen LogP contribution in [0.25, 0.3) is 0 Å². The smallest absolute Gasteiger partial charge is 0.306 e. The van der Waals surface area contributed by atoms with Crippen molar-refractivity contribution in [3.63, 3.8) is 0 Å². The van der Waals surface area contributed by atoms with Crippen molar-refractivity contribution in [3.8, 4) is 5.88 Å². The van der Waals surface area contributed by atoms with E-state index in [4.69, 9.17) is 4.74 Å². The first-order valence-electron chi connectivity index (χ1n) is 3.43. The lowest BCUT2D eigenvalue weighted by atomic mass is 10.3. The predicted molar refractivity (Wildman–Crippen MR) is 44.5 cm³/mol. The van der Waals surface area contributed by atoms with Crippen molar-refractivity contribution in [2.75, 3.05) is 7.11 Å². The van der Waals surface area contributed by atoms with Gasteiger partial charge in [0.25, 0.3) is 0 Å². The van der Waals surface area contributed by atoms with Crippen molar-refractivity contribution in [3.05, 3.63) is 23.9 Å². The van der Waals surface area contributed by atoms with E-state index < -0.39 is 16.0 Å². The van der Waals surface area contributed by atoms with E-state index in [0.29, 0.717) is 0 Å². The van der Waals surface area contributed by atoms with Gasteiger partial charge >= 0.3 is 10.2 Å². The highest BCUT2D eigenvalue weighted by Crippen LogP contribution is 2.17. The van der Waals surface area contributed by atoms with Gasteiger partial charge in [-0.05, 0) is 6.07 Å². The van der Waals surface area contributed by atoms with Crippen molar-refractivity contribution in [1.29, 1.82) is 0 Å². The van der Waals surface area contributed by atoms with Gasteiger partial charge in [0.1, 0.15) is 5.75 Å². The Morgan fingerprint density at radius 3 is 2.85 bits per heavy atom. The van der Waals surface area contributed by atoms with E-state index in [0.717, 1.165) is 0 Å². The average molecular weight is 205 g/mol. The summed E-state index contributed by atoms with van der Waals surface area (Å²) >= 11 is 0. The lowest BCUT2D eigenvalue weighted by Gasteiger charge is -2.03. The third kappa shape index (κ3) is 2.98. The summed E-state index contributed by atoms with van der Waals surface area (Å²) in [4.78, 5) is 3.73. The Bertz CT molecular complexity index is 390. The largest absolute Gasteiger partial charge is 0.481 e. The van der Waals surface area contributed by atoms with Crippen LogP contribution < -0.4 is 4.74 Å². The molecule has 0 unspecified atom stereocenters. The molecule has 1 aromatic rings. The Kier molecular flexibility index (Phi) is 2.82. The molecule has 0 aromatic carbocycles. The maximum atomic E-state index is 12.3. The molecule has 6 heteroatoms. The topological polar surface area (TPSA) is 56.3 Å². The molecule has 1 heterocycles. The summed E-state index contributed by atoms with van der Waals surface area (Å²) in [6.07, 6.45) is 1.44. The number of rotatable bonds is 3. The molecule has 0 aliphatic heterocycles. The molecule has 0 aliphatic rings. The number of hydrogen-bond acceptors (Lipinski definition) is 4. The first kappa shape index (κ1) is 9.91. The standard InChI is InChI=1S/C7H8FNO3S/c1-12-7-6(3-2-4-9-7)5-13(8,10)11/h2-4H,5H2,1H3. The third-order valence-electron chi connectivity index (χ3n) is 1.37. The minimum Gasteiger partial charge on any atom is -0.481 e. The van der Waals surface area contributed by atoms with E-state index in [1.54, 1.807) is 0 Å². The normalized spacial score (nSPS) is 11.2. The van der Waals surface area contributed by atoms with E-state index >= 15 is 0 Å². The number of pyridine rings is 1. The van der Waals surface area contributed by atoms with Crippen molar-refractivity contribution in [2.24, 2.45) is 0 Å². The van der Waals surface area contributed by atoms with Gasteiger partial charge in [-0.2, -0.15) is 8.42 Å². The second-order valence-electron chi connectivity index (χ2n) is 2.35. The molecule has 0 amide bonds. The monoisotopic (exact) mass is 205 g/mol. The molecule has 72 valence electrons. The van der Waals surface area contributed by atoms with Crippen LogP contribution >= 0.6 is 0 Å². The van der Waals surface area contributed by atoms with Crippen LogP contribution in [-0.2, 0) is 16.0 Å². The van der Waals surface area contributed by atoms with Gasteiger partial charge in [0, 0.05) is 11.8 Å². The number of aromatic nitrogens is 1. The summed E-state index contributed by atoms with van der Waals surface area (Å²) in [6, 6.07) is 2.96. The minimum absolute atomic E-state index is 0.128. The molecule has 0 saturated carbocycles. The zero-order valence-corrected chi connectivity index (χ0v) is 7.71. The zero-order valence-electron chi connectivity index (χ0n) is 6.90. The van der Waals surface area contributed by atoms with E-state index in [2.05, 4.69) is 4.98 Å². The molecule has 4 nitrogen and oxygen atoms in total. The molecule has 0 radical (unpaired) electrons. The molecule has 1 aromatic heterocycles. The highest BCUT2D eigenvalue weighted by Gasteiger charge is 2.13. The van der Waals surface area contributed by atoms with Crippen molar-refractivity contribution in [1.82, 2.24) is 4.98 Å². The van der Waals surface area contributed by atoms with E-state index in [-0.39, 0.29) is 11.4 Å². The van der Waals surface area contributed by atoms with Crippen molar-refractivity contribution < 1.29 is 17.0 Å². The lowest BCUT2D eigenvalue weighted by Crippen LogP contribution is -2.00. The third-order valence-corrected chi connectivity index (χ3v) is 2.03. The molecular weight excluding hydrogens is 197 g/mol. The summed E-state index contributed by atoms with van der Waals surface area (Å²) in [6.45, 7) is 0. The highest BCUT2D eigenvalue weighted by molar-refractivity contribution is 7.85. The fraction of sp³-hybridized carbons (Fsp3) is 0.286. The highest BCUT2D eigenvalue weighted by atomic mass is 32.3. The van der Waals surface area contributed by atoms with Crippen LogP contribution in [0.4, 0.5) is 3.89 Å². The predicted octanol–water partition coefficient (Wildman–Crippen LogP) is 0.889. The van der Waals surface area contributed by atoms with Gasteiger partial charge in [0.2, 0.25) is 5.88 Å². The summed E-state index contributed by atoms with van der Waals surface area (Å²) in [5.74, 6) is -0.576. The second-order valence-corrected chi connectivity index (χ2v) is 3.72. The van der Waals surface area contributed by atoms with Gasteiger partial charge in [-0.25, -0.2) is 4.98 Å². The summed E-state index contributed by atoms with van der Waals surface area (Å²) in [7, 11) is -3.19. The van der Waals surface area contributed by atoms with Crippen LogP contribution in [-0.4, -0.2) is 20.5 Å². The number of hydrogen-bond donors (Lipinski definition) is 0. The van der Waals surface area contributed by atoms with Crippen LogP contribution in [0, 0.1) is 0 Å². The van der Waals surface area contributed by atoms with Crippen molar-refractivity contribution in [2.45, 2.75) is 5.75 Å². The average Bonchev–Trinajstić information content (AvgIpc) is 2.02. The summed E-state index contributed by atoms with van der Waals surface area (Å²) < 4.78 is 37.7. The fourth-order valence-corrected chi connectivity index (χ4v) is 1.49. The molecule has 0 bridgehead atoms. The Morgan fingerprint density at radius 2 is 2.31 bits per heavy atom. The molecule has 1 rings (SSSR count). The number of nitrogens with zero attached hydrogens (tertiary/aromatic N) is 1. The molecule has 0 atom stereocenters. The molecule has 0 spiro atoms. The quantitative estimate of drug-likeness (QED) is 0.687. The lowest BCUT2D eigenvalue weighted by molar-refractivity contribution is 0.393. The molecule has 0 fully saturated rings. The number of methoxy groups -OCH3 is 1. The van der Waals surface area contributed by atoms with Crippen molar-refractivity contribution >= 4 is 10.2 Å². The van der Waals surface area contributed by atoms with Gasteiger partial charge in [0.05, 0.1) is 7.11 Å². The first-order chi connectivity index (χ1) is 6.03. The molecule has 13 heavy (non-hydrogen) atoms. The molecule has 0 aliphatic carbocycles. The zero-order chi connectivity index (χ0) is 9.90. The Hall–Kier alpha value is -1.17. The Balaban J connectivity index is 3.01. The summed E-state index contributed by atoms with van der Waals surface area (Å²) in [5, 5.41) is 0. The van der Waals surface area contributed by atoms with Gasteiger partial charge in [-0.1, -0.05) is 6.07 Å². The van der Waals surface area contributed by atoms with Crippen LogP contribution in [0.5, 0.6) is 5.88 Å². The van der Waals surface area contributed by atoms with Gasteiger partial charge in [0.15, 0.2) is 0 Å². The summed E-state index contributed by atoms with van der Waals surface area (Å²) in [5.41, 5.74) is 0.215.